The first-order chi connectivity index (χ1) is 9.00. The van der Waals surface area contributed by atoms with Crippen molar-refractivity contribution in [3.05, 3.63) is 23.9 Å². The molecule has 2 atom stereocenters. The molecular formula is C13H16ClF3N2. The van der Waals surface area contributed by atoms with Crippen molar-refractivity contribution in [2.24, 2.45) is 5.92 Å². The molecule has 1 aromatic heterocycles. The fraction of sp³-hybridized carbons (Fsp3) is 0.615. The van der Waals surface area contributed by atoms with E-state index in [4.69, 9.17) is 11.6 Å². The predicted molar refractivity (Wildman–Crippen MR) is 69.3 cm³/mol. The molecule has 1 aromatic rings. The SMILES string of the molecule is FC(F)(F)c1ccnc(NC2CCCCC2CCl)c1. The Balaban J connectivity index is 2.10. The van der Waals surface area contributed by atoms with E-state index in [1.807, 2.05) is 0 Å². The zero-order valence-corrected chi connectivity index (χ0v) is 11.1. The van der Waals surface area contributed by atoms with E-state index in [0.717, 1.165) is 37.8 Å². The molecule has 1 fully saturated rings. The lowest BCUT2D eigenvalue weighted by Crippen LogP contribution is -2.33. The molecule has 1 aliphatic rings. The average Bonchev–Trinajstić information content (AvgIpc) is 2.39. The summed E-state index contributed by atoms with van der Waals surface area (Å²) in [4.78, 5) is 3.96. The van der Waals surface area contributed by atoms with Crippen molar-refractivity contribution in [3.8, 4) is 0 Å². The second-order valence-corrected chi connectivity index (χ2v) is 5.19. The van der Waals surface area contributed by atoms with Crippen molar-refractivity contribution in [3.63, 3.8) is 0 Å². The van der Waals surface area contributed by atoms with Gasteiger partial charge in [-0.15, -0.1) is 11.6 Å². The number of alkyl halides is 4. The third kappa shape index (κ3) is 3.75. The average molecular weight is 293 g/mol. The summed E-state index contributed by atoms with van der Waals surface area (Å²) < 4.78 is 37.8. The van der Waals surface area contributed by atoms with E-state index in [1.54, 1.807) is 0 Å². The van der Waals surface area contributed by atoms with Gasteiger partial charge in [-0.3, -0.25) is 0 Å². The minimum Gasteiger partial charge on any atom is -0.367 e. The topological polar surface area (TPSA) is 24.9 Å². The Morgan fingerprint density at radius 1 is 1.32 bits per heavy atom. The summed E-state index contributed by atoms with van der Waals surface area (Å²) in [6, 6.07) is 2.15. The van der Waals surface area contributed by atoms with E-state index in [-0.39, 0.29) is 11.9 Å². The van der Waals surface area contributed by atoms with Crippen LogP contribution in [0, 0.1) is 5.92 Å². The number of nitrogens with one attached hydrogen (secondary N) is 1. The molecule has 2 rings (SSSR count). The molecule has 0 saturated heterocycles. The Morgan fingerprint density at radius 2 is 2.05 bits per heavy atom. The number of pyridine rings is 1. The highest BCUT2D eigenvalue weighted by atomic mass is 35.5. The monoisotopic (exact) mass is 292 g/mol. The molecule has 0 aromatic carbocycles. The summed E-state index contributed by atoms with van der Waals surface area (Å²) >= 11 is 5.90. The van der Waals surface area contributed by atoms with Crippen LogP contribution in [-0.4, -0.2) is 16.9 Å². The highest BCUT2D eigenvalue weighted by Gasteiger charge is 2.31. The summed E-state index contributed by atoms with van der Waals surface area (Å²) in [6.45, 7) is 0. The van der Waals surface area contributed by atoms with E-state index >= 15 is 0 Å². The largest absolute Gasteiger partial charge is 0.416 e. The molecule has 1 N–H and O–H groups in total. The third-order valence-corrected chi connectivity index (χ3v) is 3.92. The van der Waals surface area contributed by atoms with Gasteiger partial charge in [0, 0.05) is 18.1 Å². The Hall–Kier alpha value is -0.970. The van der Waals surface area contributed by atoms with Gasteiger partial charge in [-0.2, -0.15) is 13.2 Å². The molecule has 0 radical (unpaired) electrons. The number of rotatable bonds is 3. The van der Waals surface area contributed by atoms with Crippen LogP contribution >= 0.6 is 11.6 Å². The quantitative estimate of drug-likeness (QED) is 0.840. The predicted octanol–water partition coefficient (Wildman–Crippen LogP) is 4.31. The first-order valence-electron chi connectivity index (χ1n) is 6.36. The van der Waals surface area contributed by atoms with Crippen molar-refractivity contribution in [1.82, 2.24) is 4.98 Å². The molecule has 6 heteroatoms. The van der Waals surface area contributed by atoms with Crippen LogP contribution in [0.3, 0.4) is 0 Å². The Bertz CT molecular complexity index is 423. The first-order valence-corrected chi connectivity index (χ1v) is 6.90. The number of aromatic nitrogens is 1. The molecule has 2 nitrogen and oxygen atoms in total. The smallest absolute Gasteiger partial charge is 0.367 e. The minimum absolute atomic E-state index is 0.113. The number of hydrogen-bond acceptors (Lipinski definition) is 2. The lowest BCUT2D eigenvalue weighted by molar-refractivity contribution is -0.137. The second kappa shape index (κ2) is 5.99. The van der Waals surface area contributed by atoms with Gasteiger partial charge in [0.25, 0.3) is 0 Å². The van der Waals surface area contributed by atoms with E-state index < -0.39 is 11.7 Å². The fourth-order valence-electron chi connectivity index (χ4n) is 2.46. The van der Waals surface area contributed by atoms with Crippen molar-refractivity contribution in [1.29, 1.82) is 0 Å². The van der Waals surface area contributed by atoms with Crippen LogP contribution in [0.2, 0.25) is 0 Å². The molecule has 1 heterocycles. The van der Waals surface area contributed by atoms with Crippen LogP contribution in [-0.2, 0) is 6.18 Å². The summed E-state index contributed by atoms with van der Waals surface area (Å²) in [5, 5.41) is 3.10. The molecule has 1 saturated carbocycles. The Labute approximate surface area is 115 Å². The van der Waals surface area contributed by atoms with Gasteiger partial charge in [-0.05, 0) is 30.9 Å². The maximum atomic E-state index is 12.6. The molecule has 106 valence electrons. The summed E-state index contributed by atoms with van der Waals surface area (Å²) in [7, 11) is 0. The highest BCUT2D eigenvalue weighted by molar-refractivity contribution is 6.18. The number of halogens is 4. The maximum Gasteiger partial charge on any atom is 0.416 e. The number of nitrogens with zero attached hydrogens (tertiary/aromatic N) is 1. The van der Waals surface area contributed by atoms with Gasteiger partial charge in [0.05, 0.1) is 5.56 Å². The summed E-state index contributed by atoms with van der Waals surface area (Å²) in [5.41, 5.74) is -0.678. The molecule has 0 bridgehead atoms. The van der Waals surface area contributed by atoms with Gasteiger partial charge >= 0.3 is 6.18 Å². The second-order valence-electron chi connectivity index (χ2n) is 4.88. The normalized spacial score (nSPS) is 24.2. The Kier molecular flexibility index (Phi) is 4.55. The van der Waals surface area contributed by atoms with Crippen molar-refractivity contribution in [2.45, 2.75) is 37.9 Å². The van der Waals surface area contributed by atoms with E-state index in [0.29, 0.717) is 11.8 Å². The molecule has 19 heavy (non-hydrogen) atoms. The van der Waals surface area contributed by atoms with Gasteiger partial charge in [-0.25, -0.2) is 4.98 Å². The molecular weight excluding hydrogens is 277 g/mol. The highest BCUT2D eigenvalue weighted by Crippen LogP contribution is 2.31. The van der Waals surface area contributed by atoms with E-state index in [9.17, 15) is 13.2 Å². The van der Waals surface area contributed by atoms with Crippen molar-refractivity contribution in [2.75, 3.05) is 11.2 Å². The van der Waals surface area contributed by atoms with Crippen LogP contribution in [0.5, 0.6) is 0 Å². The first kappa shape index (κ1) is 14.4. The van der Waals surface area contributed by atoms with Gasteiger partial charge in [0.2, 0.25) is 0 Å². The lowest BCUT2D eigenvalue weighted by Gasteiger charge is -2.31. The van der Waals surface area contributed by atoms with Gasteiger partial charge in [0.15, 0.2) is 0 Å². The van der Waals surface area contributed by atoms with Crippen LogP contribution in [0.1, 0.15) is 31.2 Å². The van der Waals surface area contributed by atoms with Crippen molar-refractivity contribution < 1.29 is 13.2 Å². The molecule has 0 amide bonds. The number of hydrogen-bond donors (Lipinski definition) is 1. The van der Waals surface area contributed by atoms with Crippen LogP contribution < -0.4 is 5.32 Å². The molecule has 0 aliphatic heterocycles. The summed E-state index contributed by atoms with van der Waals surface area (Å²) in [6.07, 6.45) is 0.993. The number of anilines is 1. The minimum atomic E-state index is -4.34. The molecule has 1 aliphatic carbocycles. The fourth-order valence-corrected chi connectivity index (χ4v) is 2.83. The third-order valence-electron chi connectivity index (χ3n) is 3.53. The maximum absolute atomic E-state index is 12.6. The summed E-state index contributed by atoms with van der Waals surface area (Å²) in [5.74, 6) is 1.10. The zero-order valence-electron chi connectivity index (χ0n) is 10.4. The molecule has 2 unspecified atom stereocenters. The Morgan fingerprint density at radius 3 is 2.74 bits per heavy atom. The van der Waals surface area contributed by atoms with Crippen LogP contribution in [0.4, 0.5) is 19.0 Å². The zero-order chi connectivity index (χ0) is 13.9. The van der Waals surface area contributed by atoms with Crippen LogP contribution in [0.15, 0.2) is 18.3 Å². The van der Waals surface area contributed by atoms with Crippen molar-refractivity contribution >= 4 is 17.4 Å². The van der Waals surface area contributed by atoms with E-state index in [2.05, 4.69) is 10.3 Å². The van der Waals surface area contributed by atoms with Crippen LogP contribution in [0.25, 0.3) is 0 Å². The standard InChI is InChI=1S/C13H16ClF3N2/c14-8-9-3-1-2-4-11(9)19-12-7-10(5-6-18-12)13(15,16)17/h5-7,9,11H,1-4,8H2,(H,18,19). The van der Waals surface area contributed by atoms with Gasteiger partial charge < -0.3 is 5.32 Å². The lowest BCUT2D eigenvalue weighted by atomic mass is 9.86. The van der Waals surface area contributed by atoms with E-state index in [1.165, 1.54) is 6.20 Å². The van der Waals surface area contributed by atoms with Gasteiger partial charge in [-0.1, -0.05) is 12.8 Å². The van der Waals surface area contributed by atoms with Gasteiger partial charge in [0.1, 0.15) is 5.82 Å². The molecule has 0 spiro atoms.